The van der Waals surface area contributed by atoms with Crippen LogP contribution in [0.2, 0.25) is 0 Å². The first-order valence-corrected chi connectivity index (χ1v) is 7.63. The number of nitrogen functional groups attached to an aromatic ring is 1. The van der Waals surface area contributed by atoms with Crippen LogP contribution >= 0.6 is 0 Å². The van der Waals surface area contributed by atoms with E-state index in [1.165, 1.54) is 0 Å². The van der Waals surface area contributed by atoms with Crippen LogP contribution in [0.1, 0.15) is 15.9 Å². The second kappa shape index (κ2) is 6.98. The molecule has 4 heteroatoms. The summed E-state index contributed by atoms with van der Waals surface area (Å²) in [6.45, 7) is -0.0464. The van der Waals surface area contributed by atoms with E-state index < -0.39 is 0 Å². The van der Waals surface area contributed by atoms with Crippen LogP contribution in [-0.2, 0) is 6.61 Å². The Kier molecular flexibility index (Phi) is 4.59. The molecule has 0 saturated heterocycles. The van der Waals surface area contributed by atoms with E-state index in [4.69, 9.17) is 10.8 Å². The molecule has 0 atom stereocenters. The molecule has 0 aliphatic rings. The summed E-state index contributed by atoms with van der Waals surface area (Å²) < 4.78 is 0. The number of amides is 1. The Labute approximate surface area is 140 Å². The Morgan fingerprint density at radius 3 is 2.33 bits per heavy atom. The number of aliphatic hydroxyl groups excluding tert-OH is 1. The summed E-state index contributed by atoms with van der Waals surface area (Å²) in [6.07, 6.45) is 0. The molecule has 0 heterocycles. The zero-order valence-electron chi connectivity index (χ0n) is 13.1. The van der Waals surface area contributed by atoms with Crippen LogP contribution in [0.25, 0.3) is 11.1 Å². The summed E-state index contributed by atoms with van der Waals surface area (Å²) in [7, 11) is 0. The minimum absolute atomic E-state index is 0.0464. The molecule has 1 amide bonds. The number of benzene rings is 3. The average Bonchev–Trinajstić information content (AvgIpc) is 2.62. The Morgan fingerprint density at radius 1 is 0.958 bits per heavy atom. The first-order valence-electron chi connectivity index (χ1n) is 7.63. The van der Waals surface area contributed by atoms with Crippen molar-refractivity contribution in [1.29, 1.82) is 0 Å². The topological polar surface area (TPSA) is 75.3 Å². The maximum Gasteiger partial charge on any atom is 0.255 e. The molecule has 0 saturated carbocycles. The van der Waals surface area contributed by atoms with Gasteiger partial charge in [0, 0.05) is 16.8 Å². The van der Waals surface area contributed by atoms with Crippen molar-refractivity contribution in [3.05, 3.63) is 83.9 Å². The van der Waals surface area contributed by atoms with Crippen molar-refractivity contribution in [2.75, 3.05) is 11.1 Å². The quantitative estimate of drug-likeness (QED) is 0.642. The van der Waals surface area contributed by atoms with Gasteiger partial charge in [-0.1, -0.05) is 48.5 Å². The molecule has 120 valence electrons. The number of anilines is 2. The summed E-state index contributed by atoms with van der Waals surface area (Å²) in [5.41, 5.74) is 10.3. The summed E-state index contributed by atoms with van der Waals surface area (Å²) in [5, 5.41) is 12.0. The van der Waals surface area contributed by atoms with Crippen LogP contribution in [-0.4, -0.2) is 11.0 Å². The summed E-state index contributed by atoms with van der Waals surface area (Å²) >= 11 is 0. The fraction of sp³-hybridized carbons (Fsp3) is 0.0500. The molecule has 0 aliphatic heterocycles. The highest BCUT2D eigenvalue weighted by atomic mass is 16.3. The molecule has 4 nitrogen and oxygen atoms in total. The summed E-state index contributed by atoms with van der Waals surface area (Å²) in [4.78, 5) is 12.5. The van der Waals surface area contributed by atoms with Gasteiger partial charge >= 0.3 is 0 Å². The van der Waals surface area contributed by atoms with Gasteiger partial charge in [0.1, 0.15) is 0 Å². The molecular formula is C20H18N2O2. The van der Waals surface area contributed by atoms with Crippen molar-refractivity contribution in [3.63, 3.8) is 0 Å². The molecule has 3 aromatic rings. The lowest BCUT2D eigenvalue weighted by Gasteiger charge is -2.12. The predicted molar refractivity (Wildman–Crippen MR) is 96.6 cm³/mol. The first kappa shape index (κ1) is 15.8. The van der Waals surface area contributed by atoms with E-state index in [9.17, 15) is 4.79 Å². The highest BCUT2D eigenvalue weighted by Crippen LogP contribution is 2.30. The van der Waals surface area contributed by atoms with Crippen LogP contribution in [0, 0.1) is 0 Å². The van der Waals surface area contributed by atoms with E-state index in [0.29, 0.717) is 16.9 Å². The lowest BCUT2D eigenvalue weighted by Crippen LogP contribution is -2.13. The van der Waals surface area contributed by atoms with E-state index in [1.54, 1.807) is 30.3 Å². The molecule has 0 unspecified atom stereocenters. The van der Waals surface area contributed by atoms with Gasteiger partial charge in [0.25, 0.3) is 5.91 Å². The van der Waals surface area contributed by atoms with Crippen molar-refractivity contribution >= 4 is 17.3 Å². The van der Waals surface area contributed by atoms with Crippen LogP contribution < -0.4 is 11.1 Å². The fourth-order valence-corrected chi connectivity index (χ4v) is 2.49. The van der Waals surface area contributed by atoms with E-state index in [2.05, 4.69) is 5.32 Å². The zero-order chi connectivity index (χ0) is 16.9. The van der Waals surface area contributed by atoms with Gasteiger partial charge in [-0.2, -0.15) is 0 Å². The van der Waals surface area contributed by atoms with Crippen molar-refractivity contribution in [2.24, 2.45) is 0 Å². The zero-order valence-corrected chi connectivity index (χ0v) is 13.1. The predicted octanol–water partition coefficient (Wildman–Crippen LogP) is 3.68. The fourth-order valence-electron chi connectivity index (χ4n) is 2.49. The van der Waals surface area contributed by atoms with E-state index in [1.807, 2.05) is 42.5 Å². The highest BCUT2D eigenvalue weighted by Gasteiger charge is 2.11. The van der Waals surface area contributed by atoms with Crippen LogP contribution in [0.3, 0.4) is 0 Å². The first-order chi connectivity index (χ1) is 11.7. The van der Waals surface area contributed by atoms with Crippen LogP contribution in [0.15, 0.2) is 72.8 Å². The molecule has 24 heavy (non-hydrogen) atoms. The molecule has 3 rings (SSSR count). The van der Waals surface area contributed by atoms with E-state index in [0.717, 1.165) is 16.7 Å². The second-order valence-corrected chi connectivity index (χ2v) is 5.48. The SMILES string of the molecule is Nc1ccc(-c2ccccc2)c(NC(=O)c2ccc(CO)cc2)c1. The number of hydrogen-bond donors (Lipinski definition) is 3. The minimum Gasteiger partial charge on any atom is -0.399 e. The molecule has 0 spiro atoms. The van der Waals surface area contributed by atoms with Crippen LogP contribution in [0.4, 0.5) is 11.4 Å². The second-order valence-electron chi connectivity index (χ2n) is 5.48. The smallest absolute Gasteiger partial charge is 0.255 e. The number of hydrogen-bond acceptors (Lipinski definition) is 3. The molecule has 0 aromatic heterocycles. The van der Waals surface area contributed by atoms with Gasteiger partial charge < -0.3 is 16.2 Å². The number of rotatable bonds is 4. The molecule has 3 aromatic carbocycles. The molecule has 0 radical (unpaired) electrons. The maximum absolute atomic E-state index is 12.5. The van der Waals surface area contributed by atoms with Crippen molar-refractivity contribution in [3.8, 4) is 11.1 Å². The Bertz CT molecular complexity index is 843. The van der Waals surface area contributed by atoms with Crippen LogP contribution in [0.5, 0.6) is 0 Å². The van der Waals surface area contributed by atoms with Gasteiger partial charge in [-0.15, -0.1) is 0 Å². The highest BCUT2D eigenvalue weighted by molar-refractivity contribution is 6.06. The summed E-state index contributed by atoms with van der Waals surface area (Å²) in [6, 6.07) is 22.1. The minimum atomic E-state index is -0.220. The third-order valence-corrected chi connectivity index (χ3v) is 3.78. The van der Waals surface area contributed by atoms with Gasteiger partial charge in [-0.05, 0) is 35.4 Å². The monoisotopic (exact) mass is 318 g/mol. The van der Waals surface area contributed by atoms with Gasteiger partial charge in [-0.25, -0.2) is 0 Å². The van der Waals surface area contributed by atoms with Gasteiger partial charge in [-0.3, -0.25) is 4.79 Å². The number of carbonyl (C=O) groups excluding carboxylic acids is 1. The normalized spacial score (nSPS) is 10.4. The van der Waals surface area contributed by atoms with Gasteiger partial charge in [0.05, 0.1) is 12.3 Å². The molecule has 4 N–H and O–H groups in total. The lowest BCUT2D eigenvalue weighted by atomic mass is 10.0. The summed E-state index contributed by atoms with van der Waals surface area (Å²) in [5.74, 6) is -0.220. The number of aliphatic hydroxyl groups is 1. The largest absolute Gasteiger partial charge is 0.399 e. The number of carbonyl (C=O) groups is 1. The third-order valence-electron chi connectivity index (χ3n) is 3.78. The standard InChI is InChI=1S/C20H18N2O2/c21-17-10-11-18(15-4-2-1-3-5-15)19(12-17)22-20(24)16-8-6-14(13-23)7-9-16/h1-12,23H,13,21H2,(H,22,24). The molecular weight excluding hydrogens is 300 g/mol. The van der Waals surface area contributed by atoms with Gasteiger partial charge in [0.2, 0.25) is 0 Å². The third kappa shape index (κ3) is 3.45. The molecule has 0 fully saturated rings. The van der Waals surface area contributed by atoms with E-state index in [-0.39, 0.29) is 12.5 Å². The molecule has 0 aliphatic carbocycles. The van der Waals surface area contributed by atoms with Crippen molar-refractivity contribution in [2.45, 2.75) is 6.61 Å². The van der Waals surface area contributed by atoms with E-state index >= 15 is 0 Å². The number of nitrogens with one attached hydrogen (secondary N) is 1. The maximum atomic E-state index is 12.5. The Balaban J connectivity index is 1.91. The lowest BCUT2D eigenvalue weighted by molar-refractivity contribution is 0.102. The van der Waals surface area contributed by atoms with Crippen molar-refractivity contribution in [1.82, 2.24) is 0 Å². The average molecular weight is 318 g/mol. The van der Waals surface area contributed by atoms with Crippen molar-refractivity contribution < 1.29 is 9.90 Å². The Hall–Kier alpha value is -3.11. The van der Waals surface area contributed by atoms with Gasteiger partial charge in [0.15, 0.2) is 0 Å². The molecule has 0 bridgehead atoms. The number of nitrogens with two attached hydrogens (primary N) is 1. The Morgan fingerprint density at radius 2 is 1.67 bits per heavy atom.